The summed E-state index contributed by atoms with van der Waals surface area (Å²) >= 11 is 1.29. The van der Waals surface area contributed by atoms with E-state index >= 15 is 0 Å². The van der Waals surface area contributed by atoms with E-state index in [1.165, 1.54) is 11.8 Å². The van der Waals surface area contributed by atoms with E-state index < -0.39 is 0 Å². The van der Waals surface area contributed by atoms with Crippen LogP contribution in [0.1, 0.15) is 27.3 Å². The van der Waals surface area contributed by atoms with E-state index in [0.29, 0.717) is 23.1 Å². The van der Waals surface area contributed by atoms with Crippen molar-refractivity contribution >= 4 is 29.3 Å². The fourth-order valence-corrected chi connectivity index (χ4v) is 3.65. The molecule has 2 aromatic carbocycles. The molecule has 0 aliphatic carbocycles. The van der Waals surface area contributed by atoms with Crippen LogP contribution in [-0.4, -0.2) is 32.3 Å². The van der Waals surface area contributed by atoms with E-state index in [1.807, 2.05) is 60.9 Å². The number of carbonyl (C=O) groups excluding carboxylic acids is 2. The lowest BCUT2D eigenvalue weighted by molar-refractivity contribution is -0.113. The summed E-state index contributed by atoms with van der Waals surface area (Å²) in [5.41, 5.74) is 3.50. The Morgan fingerprint density at radius 1 is 1.10 bits per heavy atom. The summed E-state index contributed by atoms with van der Waals surface area (Å²) in [5, 5.41) is 14.7. The normalized spacial score (nSPS) is 10.5. The SMILES string of the molecule is C=CCn1c(CNC(=O)c2cccc(C)c2)nnc1SCC(=O)Nc1ccc(C)cc1. The van der Waals surface area contributed by atoms with Gasteiger partial charge in [-0.3, -0.25) is 9.59 Å². The average molecular weight is 436 g/mol. The number of aromatic nitrogens is 3. The third-order valence-electron chi connectivity index (χ3n) is 4.46. The Kier molecular flexibility index (Phi) is 7.61. The van der Waals surface area contributed by atoms with Crippen molar-refractivity contribution in [1.82, 2.24) is 20.1 Å². The van der Waals surface area contributed by atoms with Gasteiger partial charge < -0.3 is 15.2 Å². The van der Waals surface area contributed by atoms with E-state index in [1.54, 1.807) is 12.1 Å². The van der Waals surface area contributed by atoms with Crippen molar-refractivity contribution in [2.75, 3.05) is 11.1 Å². The van der Waals surface area contributed by atoms with Crippen molar-refractivity contribution in [2.45, 2.75) is 32.1 Å². The number of aryl methyl sites for hydroxylation is 2. The Labute approximate surface area is 186 Å². The summed E-state index contributed by atoms with van der Waals surface area (Å²) in [5.74, 6) is 0.487. The van der Waals surface area contributed by atoms with Gasteiger partial charge in [-0.05, 0) is 38.1 Å². The van der Waals surface area contributed by atoms with E-state index in [2.05, 4.69) is 27.4 Å². The second kappa shape index (κ2) is 10.6. The van der Waals surface area contributed by atoms with Crippen LogP contribution in [-0.2, 0) is 17.9 Å². The van der Waals surface area contributed by atoms with Gasteiger partial charge in [-0.25, -0.2) is 0 Å². The number of benzene rings is 2. The highest BCUT2D eigenvalue weighted by Gasteiger charge is 2.15. The molecule has 31 heavy (non-hydrogen) atoms. The van der Waals surface area contributed by atoms with Crippen LogP contribution < -0.4 is 10.6 Å². The van der Waals surface area contributed by atoms with Crippen LogP contribution in [0.25, 0.3) is 0 Å². The molecular formula is C23H25N5O2S. The number of amides is 2. The molecule has 1 heterocycles. The zero-order valence-electron chi connectivity index (χ0n) is 17.6. The number of nitrogens with one attached hydrogen (secondary N) is 2. The van der Waals surface area contributed by atoms with E-state index in [4.69, 9.17) is 0 Å². The third-order valence-corrected chi connectivity index (χ3v) is 5.43. The van der Waals surface area contributed by atoms with Crippen LogP contribution in [0.4, 0.5) is 5.69 Å². The molecule has 0 aliphatic rings. The number of nitrogens with zero attached hydrogens (tertiary/aromatic N) is 3. The Morgan fingerprint density at radius 3 is 2.58 bits per heavy atom. The van der Waals surface area contributed by atoms with Crippen LogP contribution >= 0.6 is 11.8 Å². The predicted octanol–water partition coefficient (Wildman–Crippen LogP) is 3.74. The summed E-state index contributed by atoms with van der Waals surface area (Å²) < 4.78 is 1.84. The van der Waals surface area contributed by atoms with Gasteiger partial charge >= 0.3 is 0 Å². The van der Waals surface area contributed by atoms with Crippen LogP contribution in [0.15, 0.2) is 66.3 Å². The summed E-state index contributed by atoms with van der Waals surface area (Å²) in [6, 6.07) is 15.0. The minimum absolute atomic E-state index is 0.128. The minimum Gasteiger partial charge on any atom is -0.345 e. The Balaban J connectivity index is 1.60. The molecule has 2 amide bonds. The molecular weight excluding hydrogens is 410 g/mol. The molecule has 0 saturated heterocycles. The zero-order valence-corrected chi connectivity index (χ0v) is 18.4. The molecule has 1 aromatic heterocycles. The van der Waals surface area contributed by atoms with Gasteiger partial charge in [0.25, 0.3) is 5.91 Å². The van der Waals surface area contributed by atoms with Gasteiger partial charge in [0, 0.05) is 17.8 Å². The predicted molar refractivity (Wildman–Crippen MR) is 123 cm³/mol. The van der Waals surface area contributed by atoms with Crippen LogP contribution in [0.2, 0.25) is 0 Å². The minimum atomic E-state index is -0.177. The molecule has 160 valence electrons. The number of hydrogen-bond donors (Lipinski definition) is 2. The fraction of sp³-hybridized carbons (Fsp3) is 0.217. The maximum Gasteiger partial charge on any atom is 0.251 e. The Morgan fingerprint density at radius 2 is 1.87 bits per heavy atom. The lowest BCUT2D eigenvalue weighted by atomic mass is 10.1. The van der Waals surface area contributed by atoms with Crippen molar-refractivity contribution < 1.29 is 9.59 Å². The van der Waals surface area contributed by atoms with Crippen molar-refractivity contribution in [3.8, 4) is 0 Å². The van der Waals surface area contributed by atoms with Gasteiger partial charge in [0.05, 0.1) is 12.3 Å². The smallest absolute Gasteiger partial charge is 0.251 e. The van der Waals surface area contributed by atoms with Crippen molar-refractivity contribution in [2.24, 2.45) is 0 Å². The molecule has 0 aliphatic heterocycles. The average Bonchev–Trinajstić information content (AvgIpc) is 3.14. The van der Waals surface area contributed by atoms with Crippen LogP contribution in [0, 0.1) is 13.8 Å². The highest BCUT2D eigenvalue weighted by Crippen LogP contribution is 2.18. The molecule has 0 radical (unpaired) electrons. The van der Waals surface area contributed by atoms with E-state index in [9.17, 15) is 9.59 Å². The van der Waals surface area contributed by atoms with Gasteiger partial charge in [0.15, 0.2) is 11.0 Å². The largest absolute Gasteiger partial charge is 0.345 e. The summed E-state index contributed by atoms with van der Waals surface area (Å²) in [6.07, 6.45) is 1.73. The van der Waals surface area contributed by atoms with Gasteiger partial charge in [-0.1, -0.05) is 53.2 Å². The van der Waals surface area contributed by atoms with Crippen LogP contribution in [0.5, 0.6) is 0 Å². The third kappa shape index (κ3) is 6.29. The number of anilines is 1. The van der Waals surface area contributed by atoms with Crippen molar-refractivity contribution in [3.05, 3.63) is 83.7 Å². The monoisotopic (exact) mass is 435 g/mol. The van der Waals surface area contributed by atoms with E-state index in [-0.39, 0.29) is 24.1 Å². The number of allylic oxidation sites excluding steroid dienone is 1. The molecule has 0 atom stereocenters. The highest BCUT2D eigenvalue weighted by molar-refractivity contribution is 7.99. The van der Waals surface area contributed by atoms with Gasteiger partial charge in [0.1, 0.15) is 0 Å². The second-order valence-electron chi connectivity index (χ2n) is 7.05. The lowest BCUT2D eigenvalue weighted by Gasteiger charge is -2.09. The summed E-state index contributed by atoms with van der Waals surface area (Å²) in [6.45, 7) is 8.41. The molecule has 3 aromatic rings. The zero-order chi connectivity index (χ0) is 22.2. The summed E-state index contributed by atoms with van der Waals surface area (Å²) in [7, 11) is 0. The van der Waals surface area contributed by atoms with Crippen LogP contribution in [0.3, 0.4) is 0 Å². The molecule has 7 nitrogen and oxygen atoms in total. The second-order valence-corrected chi connectivity index (χ2v) is 8.00. The number of rotatable bonds is 9. The van der Waals surface area contributed by atoms with Gasteiger partial charge in [0.2, 0.25) is 5.91 Å². The maximum absolute atomic E-state index is 12.4. The molecule has 0 unspecified atom stereocenters. The first-order valence-corrected chi connectivity index (χ1v) is 10.8. The quantitative estimate of drug-likeness (QED) is 0.395. The molecule has 0 bridgehead atoms. The molecule has 2 N–H and O–H groups in total. The van der Waals surface area contributed by atoms with E-state index in [0.717, 1.165) is 16.8 Å². The number of hydrogen-bond acceptors (Lipinski definition) is 5. The topological polar surface area (TPSA) is 88.9 Å². The van der Waals surface area contributed by atoms with Gasteiger partial charge in [-0.15, -0.1) is 16.8 Å². The first-order valence-electron chi connectivity index (χ1n) is 9.83. The molecule has 0 fully saturated rings. The number of carbonyl (C=O) groups is 2. The van der Waals surface area contributed by atoms with Crippen molar-refractivity contribution in [3.63, 3.8) is 0 Å². The molecule has 3 rings (SSSR count). The number of thioether (sulfide) groups is 1. The molecule has 0 spiro atoms. The molecule has 0 saturated carbocycles. The Hall–Kier alpha value is -3.39. The highest BCUT2D eigenvalue weighted by atomic mass is 32.2. The fourth-order valence-electron chi connectivity index (χ4n) is 2.88. The first kappa shape index (κ1) is 22.3. The Bertz CT molecular complexity index is 1080. The lowest BCUT2D eigenvalue weighted by Crippen LogP contribution is -2.25. The standard InChI is InChI=1S/C23H25N5O2S/c1-4-12-28-20(14-24-22(30)18-7-5-6-17(3)13-18)26-27-23(28)31-15-21(29)25-19-10-8-16(2)9-11-19/h4-11,13H,1,12,14-15H2,2-3H3,(H,24,30)(H,25,29). The van der Waals surface area contributed by atoms with Crippen molar-refractivity contribution in [1.29, 1.82) is 0 Å². The first-order chi connectivity index (χ1) is 15.0. The molecule has 8 heteroatoms. The summed E-state index contributed by atoms with van der Waals surface area (Å²) in [4.78, 5) is 24.7. The van der Waals surface area contributed by atoms with Gasteiger partial charge in [-0.2, -0.15) is 0 Å². The maximum atomic E-state index is 12.4.